The summed E-state index contributed by atoms with van der Waals surface area (Å²) in [6.07, 6.45) is -5.21. The SMILES string of the molecule is C/C(=N\[S+]([O-])C(C)(C)C)c1cccc(CC(F)(F)F)c1. The van der Waals surface area contributed by atoms with Gasteiger partial charge in [0.15, 0.2) is 0 Å². The van der Waals surface area contributed by atoms with Gasteiger partial charge in [-0.25, -0.2) is 0 Å². The highest BCUT2D eigenvalue weighted by Gasteiger charge is 2.28. The number of halogens is 3. The summed E-state index contributed by atoms with van der Waals surface area (Å²) < 4.78 is 52.6. The van der Waals surface area contributed by atoms with E-state index in [9.17, 15) is 17.7 Å². The summed E-state index contributed by atoms with van der Waals surface area (Å²) in [5.74, 6) is 0. The number of hydrogen-bond donors (Lipinski definition) is 0. The van der Waals surface area contributed by atoms with Crippen LogP contribution in [0.5, 0.6) is 0 Å². The first-order valence-electron chi connectivity index (χ1n) is 6.12. The molecule has 1 rings (SSSR count). The number of benzene rings is 1. The second-order valence-corrected chi connectivity index (χ2v) is 7.44. The van der Waals surface area contributed by atoms with Crippen LogP contribution < -0.4 is 0 Å². The van der Waals surface area contributed by atoms with Crippen molar-refractivity contribution in [1.29, 1.82) is 0 Å². The molecule has 0 aliphatic carbocycles. The molecule has 112 valence electrons. The van der Waals surface area contributed by atoms with Crippen molar-refractivity contribution in [3.8, 4) is 0 Å². The zero-order valence-electron chi connectivity index (χ0n) is 11.9. The molecule has 0 spiro atoms. The van der Waals surface area contributed by atoms with Gasteiger partial charge in [-0.3, -0.25) is 0 Å². The Bertz CT molecular complexity index is 492. The van der Waals surface area contributed by atoms with Crippen molar-refractivity contribution in [1.82, 2.24) is 0 Å². The van der Waals surface area contributed by atoms with E-state index < -0.39 is 28.7 Å². The average Bonchev–Trinajstić information content (AvgIpc) is 2.25. The predicted molar refractivity (Wildman–Crippen MR) is 76.3 cm³/mol. The minimum absolute atomic E-state index is 0.172. The van der Waals surface area contributed by atoms with Gasteiger partial charge in [0.1, 0.15) is 16.1 Å². The molecule has 2 nitrogen and oxygen atoms in total. The third-order valence-corrected chi connectivity index (χ3v) is 3.98. The van der Waals surface area contributed by atoms with Crippen LogP contribution in [-0.2, 0) is 17.8 Å². The van der Waals surface area contributed by atoms with Crippen LogP contribution in [-0.4, -0.2) is 21.2 Å². The topological polar surface area (TPSA) is 35.4 Å². The Labute approximate surface area is 120 Å². The maximum Gasteiger partial charge on any atom is 0.393 e. The molecule has 0 bridgehead atoms. The van der Waals surface area contributed by atoms with Gasteiger partial charge in [-0.2, -0.15) is 13.2 Å². The van der Waals surface area contributed by atoms with Gasteiger partial charge in [0.25, 0.3) is 0 Å². The first kappa shape index (κ1) is 17.0. The molecule has 1 aromatic rings. The number of alkyl halides is 3. The minimum Gasteiger partial charge on any atom is -0.591 e. The van der Waals surface area contributed by atoms with E-state index in [2.05, 4.69) is 4.40 Å². The van der Waals surface area contributed by atoms with E-state index in [1.807, 2.05) is 0 Å². The third-order valence-electron chi connectivity index (χ3n) is 2.49. The van der Waals surface area contributed by atoms with E-state index in [4.69, 9.17) is 0 Å². The lowest BCUT2D eigenvalue weighted by atomic mass is 10.1. The summed E-state index contributed by atoms with van der Waals surface area (Å²) >= 11 is -1.43. The fourth-order valence-corrected chi connectivity index (χ4v) is 2.08. The average molecular weight is 305 g/mol. The van der Waals surface area contributed by atoms with Crippen LogP contribution in [0.25, 0.3) is 0 Å². The smallest absolute Gasteiger partial charge is 0.393 e. The highest BCUT2D eigenvalue weighted by Crippen LogP contribution is 2.23. The van der Waals surface area contributed by atoms with Gasteiger partial charge in [0.2, 0.25) is 0 Å². The van der Waals surface area contributed by atoms with Crippen molar-refractivity contribution in [2.75, 3.05) is 0 Å². The first-order valence-corrected chi connectivity index (χ1v) is 7.23. The summed E-state index contributed by atoms with van der Waals surface area (Å²) in [7, 11) is 0. The molecule has 1 unspecified atom stereocenters. The summed E-state index contributed by atoms with van der Waals surface area (Å²) in [6.45, 7) is 7.02. The van der Waals surface area contributed by atoms with Crippen LogP contribution in [0.15, 0.2) is 28.7 Å². The maximum atomic E-state index is 12.4. The van der Waals surface area contributed by atoms with Crippen molar-refractivity contribution in [2.45, 2.75) is 45.0 Å². The van der Waals surface area contributed by atoms with E-state index >= 15 is 0 Å². The molecule has 0 saturated carbocycles. The molecule has 6 heteroatoms. The second-order valence-electron chi connectivity index (χ2n) is 5.53. The number of hydrogen-bond acceptors (Lipinski definition) is 2. The van der Waals surface area contributed by atoms with Crippen molar-refractivity contribution in [3.63, 3.8) is 0 Å². The van der Waals surface area contributed by atoms with Gasteiger partial charge in [-0.1, -0.05) is 22.6 Å². The van der Waals surface area contributed by atoms with E-state index in [1.54, 1.807) is 39.8 Å². The Morgan fingerprint density at radius 3 is 2.35 bits per heavy atom. The molecule has 0 radical (unpaired) electrons. The lowest BCUT2D eigenvalue weighted by molar-refractivity contribution is -0.127. The molecular weight excluding hydrogens is 287 g/mol. The van der Waals surface area contributed by atoms with Crippen LogP contribution >= 0.6 is 0 Å². The Hall–Kier alpha value is -1.01. The fraction of sp³-hybridized carbons (Fsp3) is 0.500. The minimum atomic E-state index is -4.24. The third kappa shape index (κ3) is 5.54. The Kier molecular flexibility index (Phi) is 5.27. The van der Waals surface area contributed by atoms with Crippen LogP contribution in [0.3, 0.4) is 0 Å². The highest BCUT2D eigenvalue weighted by atomic mass is 32.2. The predicted octanol–water partition coefficient (Wildman–Crippen LogP) is 4.06. The zero-order valence-corrected chi connectivity index (χ0v) is 12.7. The molecule has 0 aromatic heterocycles. The van der Waals surface area contributed by atoms with Gasteiger partial charge in [-0.15, -0.1) is 0 Å². The number of nitrogens with zero attached hydrogens (tertiary/aromatic N) is 1. The molecule has 0 amide bonds. The van der Waals surface area contributed by atoms with E-state index in [1.165, 1.54) is 12.1 Å². The van der Waals surface area contributed by atoms with E-state index in [0.29, 0.717) is 11.3 Å². The fourth-order valence-electron chi connectivity index (χ4n) is 1.45. The summed E-state index contributed by atoms with van der Waals surface area (Å²) in [5.41, 5.74) is 1.21. The van der Waals surface area contributed by atoms with Crippen molar-refractivity contribution >= 4 is 17.1 Å². The standard InChI is InChI=1S/C14H18F3NOS/c1-10(18-20(19)13(2,3)4)12-7-5-6-11(8-12)9-14(15,16)17/h5-8H,9H2,1-4H3/b18-10+. The molecule has 0 fully saturated rings. The molecule has 1 atom stereocenters. The molecule has 0 saturated heterocycles. The highest BCUT2D eigenvalue weighted by molar-refractivity contribution is 7.91. The van der Waals surface area contributed by atoms with E-state index in [-0.39, 0.29) is 5.56 Å². The lowest BCUT2D eigenvalue weighted by Crippen LogP contribution is -2.26. The van der Waals surface area contributed by atoms with Crippen molar-refractivity contribution in [2.24, 2.45) is 4.40 Å². The Morgan fingerprint density at radius 1 is 1.25 bits per heavy atom. The van der Waals surface area contributed by atoms with Crippen LogP contribution in [0.1, 0.15) is 38.8 Å². The normalized spacial score (nSPS) is 15.3. The Balaban J connectivity index is 2.97. The molecule has 1 aromatic carbocycles. The second kappa shape index (κ2) is 6.18. The van der Waals surface area contributed by atoms with Gasteiger partial charge >= 0.3 is 6.18 Å². The quantitative estimate of drug-likeness (QED) is 0.612. The van der Waals surface area contributed by atoms with Crippen molar-refractivity contribution < 1.29 is 17.7 Å². The van der Waals surface area contributed by atoms with Crippen LogP contribution in [0, 0.1) is 0 Å². The lowest BCUT2D eigenvalue weighted by Gasteiger charge is -2.18. The maximum absolute atomic E-state index is 12.4. The number of rotatable bonds is 3. The van der Waals surface area contributed by atoms with Gasteiger partial charge < -0.3 is 4.55 Å². The van der Waals surface area contributed by atoms with Gasteiger partial charge in [0.05, 0.1) is 12.1 Å². The molecule has 0 N–H and O–H groups in total. The molecule has 20 heavy (non-hydrogen) atoms. The van der Waals surface area contributed by atoms with Gasteiger partial charge in [0, 0.05) is 5.56 Å². The first-order chi connectivity index (χ1) is 8.99. The largest absolute Gasteiger partial charge is 0.591 e. The molecule has 0 aliphatic rings. The summed E-state index contributed by atoms with van der Waals surface area (Å²) in [5, 5.41) is 0. The molecule has 0 aliphatic heterocycles. The summed E-state index contributed by atoms with van der Waals surface area (Å²) in [4.78, 5) is 0. The van der Waals surface area contributed by atoms with E-state index in [0.717, 1.165) is 0 Å². The monoisotopic (exact) mass is 305 g/mol. The van der Waals surface area contributed by atoms with Crippen LogP contribution in [0.4, 0.5) is 13.2 Å². The summed E-state index contributed by atoms with van der Waals surface area (Å²) in [6, 6.07) is 6.07. The zero-order chi connectivity index (χ0) is 15.6. The van der Waals surface area contributed by atoms with Crippen molar-refractivity contribution in [3.05, 3.63) is 35.4 Å². The van der Waals surface area contributed by atoms with Gasteiger partial charge in [-0.05, 0) is 39.3 Å². The molecular formula is C14H18F3NOS. The van der Waals surface area contributed by atoms with Crippen LogP contribution in [0.2, 0.25) is 0 Å². The molecule has 0 heterocycles. The Morgan fingerprint density at radius 2 is 1.85 bits per heavy atom.